The summed E-state index contributed by atoms with van der Waals surface area (Å²) in [6, 6.07) is 6.80. The van der Waals surface area contributed by atoms with Crippen LogP contribution in [0.25, 0.3) is 5.69 Å². The van der Waals surface area contributed by atoms with E-state index >= 15 is 0 Å². The molecule has 0 aliphatic rings. The van der Waals surface area contributed by atoms with Gasteiger partial charge >= 0.3 is 0 Å². The lowest BCUT2D eigenvalue weighted by Gasteiger charge is -2.05. The van der Waals surface area contributed by atoms with Crippen LogP contribution in [0.2, 0.25) is 0 Å². The number of nitrogens with zero attached hydrogens (tertiary/aromatic N) is 3. The van der Waals surface area contributed by atoms with E-state index < -0.39 is 9.84 Å². The Morgan fingerprint density at radius 1 is 1.47 bits per heavy atom. The summed E-state index contributed by atoms with van der Waals surface area (Å²) in [4.78, 5) is 0.0858. The molecule has 0 aliphatic carbocycles. The van der Waals surface area contributed by atoms with E-state index in [9.17, 15) is 8.42 Å². The Morgan fingerprint density at radius 3 is 2.74 bits per heavy atom. The van der Waals surface area contributed by atoms with Crippen molar-refractivity contribution in [2.24, 2.45) is 0 Å². The van der Waals surface area contributed by atoms with Gasteiger partial charge in [-0.05, 0) is 17.7 Å². The quantitative estimate of drug-likeness (QED) is 0.888. The van der Waals surface area contributed by atoms with Gasteiger partial charge in [0.05, 0.1) is 24.1 Å². The molecule has 0 fully saturated rings. The zero-order valence-corrected chi connectivity index (χ0v) is 10.9. The standard InChI is InChI=1S/C12H11N3O3S/c1-19(17,18)11-6-14-15(7-11)12-3-2-9(8-16)4-10(12)5-13/h2-4,6-7,16H,8H2,1H3. The Bertz CT molecular complexity index is 757. The molecular weight excluding hydrogens is 266 g/mol. The summed E-state index contributed by atoms with van der Waals surface area (Å²) in [6.45, 7) is -0.164. The highest BCUT2D eigenvalue weighted by Crippen LogP contribution is 2.17. The van der Waals surface area contributed by atoms with Crippen molar-refractivity contribution < 1.29 is 13.5 Å². The molecule has 1 aromatic carbocycles. The van der Waals surface area contributed by atoms with Crippen LogP contribution in [0.15, 0.2) is 35.5 Å². The molecule has 1 heterocycles. The Labute approximate surface area is 110 Å². The van der Waals surface area contributed by atoms with E-state index in [0.29, 0.717) is 16.8 Å². The first-order valence-corrected chi connectivity index (χ1v) is 7.24. The number of nitriles is 1. The third-order valence-electron chi connectivity index (χ3n) is 2.60. The summed E-state index contributed by atoms with van der Waals surface area (Å²) in [7, 11) is -3.33. The first kappa shape index (κ1) is 13.3. The van der Waals surface area contributed by atoms with Crippen LogP contribution < -0.4 is 0 Å². The van der Waals surface area contributed by atoms with Gasteiger partial charge in [0.25, 0.3) is 0 Å². The average molecular weight is 277 g/mol. The Hall–Kier alpha value is -2.17. The summed E-state index contributed by atoms with van der Waals surface area (Å²) in [5.74, 6) is 0. The van der Waals surface area contributed by atoms with Gasteiger partial charge in [0.15, 0.2) is 9.84 Å². The summed E-state index contributed by atoms with van der Waals surface area (Å²) in [5.41, 5.74) is 1.39. The predicted octanol–water partition coefficient (Wildman–Crippen LogP) is 0.640. The summed E-state index contributed by atoms with van der Waals surface area (Å²) < 4.78 is 24.1. The minimum Gasteiger partial charge on any atom is -0.392 e. The van der Waals surface area contributed by atoms with Crippen LogP contribution in [-0.2, 0) is 16.4 Å². The molecule has 19 heavy (non-hydrogen) atoms. The van der Waals surface area contributed by atoms with Gasteiger partial charge in [-0.3, -0.25) is 0 Å². The molecule has 0 radical (unpaired) electrons. The van der Waals surface area contributed by atoms with Gasteiger partial charge in [0, 0.05) is 12.5 Å². The smallest absolute Gasteiger partial charge is 0.178 e. The second-order valence-corrected chi connectivity index (χ2v) is 6.03. The molecule has 0 unspecified atom stereocenters. The lowest BCUT2D eigenvalue weighted by molar-refractivity contribution is 0.282. The summed E-state index contributed by atoms with van der Waals surface area (Å²) >= 11 is 0. The van der Waals surface area contributed by atoms with Crippen LogP contribution in [0.4, 0.5) is 0 Å². The Kier molecular flexibility index (Phi) is 3.38. The molecule has 0 saturated carbocycles. The summed E-state index contributed by atoms with van der Waals surface area (Å²) in [5, 5.41) is 22.0. The topological polar surface area (TPSA) is 96.0 Å². The molecule has 1 N–H and O–H groups in total. The van der Waals surface area contributed by atoms with E-state index in [-0.39, 0.29) is 11.5 Å². The maximum Gasteiger partial charge on any atom is 0.178 e. The fourth-order valence-corrected chi connectivity index (χ4v) is 2.13. The molecule has 0 spiro atoms. The van der Waals surface area contributed by atoms with Crippen LogP contribution in [0.3, 0.4) is 0 Å². The summed E-state index contributed by atoms with van der Waals surface area (Å²) in [6.07, 6.45) is 3.68. The van der Waals surface area contributed by atoms with Gasteiger partial charge in [0.1, 0.15) is 11.0 Å². The van der Waals surface area contributed by atoms with Crippen LogP contribution in [0, 0.1) is 11.3 Å². The minimum absolute atomic E-state index is 0.0858. The van der Waals surface area contributed by atoms with Crippen LogP contribution >= 0.6 is 0 Å². The third kappa shape index (κ3) is 2.65. The molecule has 1 aromatic heterocycles. The van der Waals surface area contributed by atoms with Crippen LogP contribution in [0.1, 0.15) is 11.1 Å². The van der Waals surface area contributed by atoms with Gasteiger partial charge in [-0.1, -0.05) is 6.07 Å². The fraction of sp³-hybridized carbons (Fsp3) is 0.167. The van der Waals surface area contributed by atoms with Gasteiger partial charge in [-0.2, -0.15) is 10.4 Å². The highest BCUT2D eigenvalue weighted by Gasteiger charge is 2.12. The number of hydrogen-bond donors (Lipinski definition) is 1. The van der Waals surface area contributed by atoms with Crippen molar-refractivity contribution in [1.82, 2.24) is 9.78 Å². The van der Waals surface area contributed by atoms with Gasteiger partial charge in [-0.15, -0.1) is 0 Å². The van der Waals surface area contributed by atoms with Crippen molar-refractivity contribution in [1.29, 1.82) is 5.26 Å². The molecule has 0 bridgehead atoms. The number of benzene rings is 1. The van der Waals surface area contributed by atoms with Gasteiger partial charge in [-0.25, -0.2) is 13.1 Å². The maximum absolute atomic E-state index is 11.4. The number of aliphatic hydroxyl groups is 1. The van der Waals surface area contributed by atoms with Crippen LogP contribution in [-0.4, -0.2) is 29.6 Å². The highest BCUT2D eigenvalue weighted by molar-refractivity contribution is 7.90. The second kappa shape index (κ2) is 4.84. The average Bonchev–Trinajstić information content (AvgIpc) is 2.87. The van der Waals surface area contributed by atoms with Crippen molar-refractivity contribution in [3.63, 3.8) is 0 Å². The van der Waals surface area contributed by atoms with Crippen LogP contribution in [0.5, 0.6) is 0 Å². The third-order valence-corrected chi connectivity index (χ3v) is 3.66. The van der Waals surface area contributed by atoms with Gasteiger partial charge < -0.3 is 5.11 Å². The molecule has 0 saturated heterocycles. The number of rotatable bonds is 3. The van der Waals surface area contributed by atoms with E-state index in [4.69, 9.17) is 10.4 Å². The van der Waals surface area contributed by atoms with E-state index in [1.165, 1.54) is 23.1 Å². The van der Waals surface area contributed by atoms with Gasteiger partial charge in [0.2, 0.25) is 0 Å². The van der Waals surface area contributed by atoms with E-state index in [0.717, 1.165) is 6.26 Å². The van der Waals surface area contributed by atoms with Crippen molar-refractivity contribution in [2.45, 2.75) is 11.5 Å². The predicted molar refractivity (Wildman–Crippen MR) is 67.3 cm³/mol. The molecular formula is C12H11N3O3S. The lowest BCUT2D eigenvalue weighted by atomic mass is 10.1. The fourth-order valence-electron chi connectivity index (χ4n) is 1.60. The molecule has 2 aromatic rings. The molecule has 2 rings (SSSR count). The van der Waals surface area contributed by atoms with E-state index in [1.54, 1.807) is 12.1 Å². The number of hydrogen-bond acceptors (Lipinski definition) is 5. The molecule has 0 amide bonds. The SMILES string of the molecule is CS(=O)(=O)c1cnn(-c2ccc(CO)cc2C#N)c1. The monoisotopic (exact) mass is 277 g/mol. The zero-order chi connectivity index (χ0) is 14.0. The molecule has 0 atom stereocenters. The normalized spacial score (nSPS) is 11.2. The first-order valence-electron chi connectivity index (χ1n) is 5.34. The zero-order valence-electron chi connectivity index (χ0n) is 10.1. The minimum atomic E-state index is -3.33. The molecule has 6 nitrogen and oxygen atoms in total. The highest BCUT2D eigenvalue weighted by atomic mass is 32.2. The van der Waals surface area contributed by atoms with Crippen molar-refractivity contribution in [2.75, 3.05) is 6.26 Å². The van der Waals surface area contributed by atoms with Crippen molar-refractivity contribution in [3.8, 4) is 11.8 Å². The lowest BCUT2D eigenvalue weighted by Crippen LogP contribution is -2.00. The van der Waals surface area contributed by atoms with Crippen molar-refractivity contribution >= 4 is 9.84 Å². The van der Waals surface area contributed by atoms with E-state index in [2.05, 4.69) is 5.10 Å². The number of aromatic nitrogens is 2. The largest absolute Gasteiger partial charge is 0.392 e. The number of aliphatic hydroxyl groups excluding tert-OH is 1. The van der Waals surface area contributed by atoms with Crippen molar-refractivity contribution in [3.05, 3.63) is 41.7 Å². The maximum atomic E-state index is 11.4. The molecule has 7 heteroatoms. The Morgan fingerprint density at radius 2 is 2.21 bits per heavy atom. The Balaban J connectivity index is 2.54. The molecule has 0 aliphatic heterocycles. The van der Waals surface area contributed by atoms with E-state index in [1.807, 2.05) is 6.07 Å². The second-order valence-electron chi connectivity index (χ2n) is 4.01. The number of sulfone groups is 1. The first-order chi connectivity index (χ1) is 8.95. The molecule has 98 valence electrons.